The summed E-state index contributed by atoms with van der Waals surface area (Å²) < 4.78 is 11.6. The fourth-order valence-corrected chi connectivity index (χ4v) is 1.84. The van der Waals surface area contributed by atoms with Gasteiger partial charge in [-0.15, -0.1) is 0 Å². The van der Waals surface area contributed by atoms with Gasteiger partial charge in [0.2, 0.25) is 0 Å². The van der Waals surface area contributed by atoms with Crippen LogP contribution in [0.5, 0.6) is 5.75 Å². The minimum absolute atomic E-state index is 0.298. The van der Waals surface area contributed by atoms with E-state index in [1.54, 1.807) is 14.0 Å². The van der Waals surface area contributed by atoms with Gasteiger partial charge in [-0.1, -0.05) is 15.9 Å². The number of benzene rings is 1. The molecule has 0 saturated heterocycles. The maximum atomic E-state index is 9.24. The van der Waals surface area contributed by atoms with Gasteiger partial charge in [-0.25, -0.2) is 0 Å². The highest BCUT2D eigenvalue weighted by Gasteiger charge is 2.06. The third kappa shape index (κ3) is 5.82. The fraction of sp³-hybridized carbons (Fsp3) is 0.538. The molecular weight excluding hydrogens is 298 g/mol. The summed E-state index contributed by atoms with van der Waals surface area (Å²) in [6, 6.07) is 5.84. The molecule has 0 fully saturated rings. The van der Waals surface area contributed by atoms with Crippen molar-refractivity contribution in [2.45, 2.75) is 19.6 Å². The van der Waals surface area contributed by atoms with Crippen molar-refractivity contribution >= 4 is 15.9 Å². The van der Waals surface area contributed by atoms with Gasteiger partial charge in [0.1, 0.15) is 12.4 Å². The number of nitrogens with one attached hydrogen (secondary N) is 1. The second-order valence-corrected chi connectivity index (χ2v) is 5.00. The standard InChI is InChI=1S/C13H20BrNO3/c1-10(16)9-18-13-4-3-12(14)7-11(13)8-15-5-6-17-2/h3-4,7,10,15-16H,5-6,8-9H2,1-2H3. The van der Waals surface area contributed by atoms with Gasteiger partial charge in [0.25, 0.3) is 0 Å². The Kier molecular flexibility index (Phi) is 7.27. The van der Waals surface area contributed by atoms with Crippen LogP contribution in [0.15, 0.2) is 22.7 Å². The van der Waals surface area contributed by atoms with Crippen LogP contribution >= 0.6 is 15.9 Å². The van der Waals surface area contributed by atoms with E-state index in [9.17, 15) is 5.11 Å². The van der Waals surface area contributed by atoms with E-state index in [4.69, 9.17) is 9.47 Å². The van der Waals surface area contributed by atoms with E-state index >= 15 is 0 Å². The van der Waals surface area contributed by atoms with Gasteiger partial charge >= 0.3 is 0 Å². The topological polar surface area (TPSA) is 50.7 Å². The van der Waals surface area contributed by atoms with E-state index in [-0.39, 0.29) is 0 Å². The first-order valence-corrected chi connectivity index (χ1v) is 6.71. The van der Waals surface area contributed by atoms with Crippen molar-refractivity contribution in [3.63, 3.8) is 0 Å². The van der Waals surface area contributed by atoms with E-state index in [0.29, 0.717) is 19.8 Å². The van der Waals surface area contributed by atoms with Crippen LogP contribution in [0, 0.1) is 0 Å². The number of ether oxygens (including phenoxy) is 2. The van der Waals surface area contributed by atoms with Gasteiger partial charge in [0.15, 0.2) is 0 Å². The summed E-state index contributed by atoms with van der Waals surface area (Å²) in [7, 11) is 1.68. The van der Waals surface area contributed by atoms with Crippen molar-refractivity contribution in [2.24, 2.45) is 0 Å². The molecule has 1 atom stereocenters. The number of hydrogen-bond acceptors (Lipinski definition) is 4. The molecular formula is C13H20BrNO3. The monoisotopic (exact) mass is 317 g/mol. The average molecular weight is 318 g/mol. The zero-order chi connectivity index (χ0) is 13.4. The molecule has 1 aromatic carbocycles. The smallest absolute Gasteiger partial charge is 0.124 e. The van der Waals surface area contributed by atoms with Crippen molar-refractivity contribution in [1.29, 1.82) is 0 Å². The molecule has 2 N–H and O–H groups in total. The molecule has 1 aromatic rings. The molecule has 0 saturated carbocycles. The number of aliphatic hydroxyl groups is 1. The van der Waals surface area contributed by atoms with Crippen LogP contribution in [0.3, 0.4) is 0 Å². The lowest BCUT2D eigenvalue weighted by molar-refractivity contribution is 0.122. The number of halogens is 1. The third-order valence-corrected chi connectivity index (χ3v) is 2.79. The van der Waals surface area contributed by atoms with Crippen LogP contribution < -0.4 is 10.1 Å². The van der Waals surface area contributed by atoms with Crippen LogP contribution in [-0.4, -0.2) is 38.1 Å². The predicted octanol–water partition coefficient (Wildman–Crippen LogP) is 1.94. The quantitative estimate of drug-likeness (QED) is 0.719. The molecule has 102 valence electrons. The summed E-state index contributed by atoms with van der Waals surface area (Å²) in [6.45, 7) is 4.18. The second kappa shape index (κ2) is 8.48. The van der Waals surface area contributed by atoms with Crippen LogP contribution in [0.25, 0.3) is 0 Å². The third-order valence-electron chi connectivity index (χ3n) is 2.30. The Labute approximate surface area is 116 Å². The zero-order valence-electron chi connectivity index (χ0n) is 10.8. The molecule has 0 aliphatic rings. The van der Waals surface area contributed by atoms with Gasteiger partial charge in [-0.05, 0) is 25.1 Å². The van der Waals surface area contributed by atoms with Crippen LogP contribution in [0.2, 0.25) is 0 Å². The lowest BCUT2D eigenvalue weighted by Crippen LogP contribution is -2.20. The Morgan fingerprint density at radius 2 is 2.22 bits per heavy atom. The number of methoxy groups -OCH3 is 1. The first kappa shape index (κ1) is 15.4. The van der Waals surface area contributed by atoms with Gasteiger partial charge in [0, 0.05) is 30.2 Å². The summed E-state index contributed by atoms with van der Waals surface area (Å²) >= 11 is 3.44. The molecule has 0 heterocycles. The van der Waals surface area contributed by atoms with Gasteiger partial charge < -0.3 is 19.9 Å². The zero-order valence-corrected chi connectivity index (χ0v) is 12.4. The molecule has 0 radical (unpaired) electrons. The molecule has 1 rings (SSSR count). The van der Waals surface area contributed by atoms with Crippen LogP contribution in [-0.2, 0) is 11.3 Å². The highest BCUT2D eigenvalue weighted by molar-refractivity contribution is 9.10. The van der Waals surface area contributed by atoms with Crippen LogP contribution in [0.4, 0.5) is 0 Å². The largest absolute Gasteiger partial charge is 0.491 e. The van der Waals surface area contributed by atoms with E-state index in [0.717, 1.165) is 22.3 Å². The molecule has 4 nitrogen and oxygen atoms in total. The molecule has 0 bridgehead atoms. The average Bonchev–Trinajstić information content (AvgIpc) is 2.33. The van der Waals surface area contributed by atoms with E-state index in [2.05, 4.69) is 21.2 Å². The van der Waals surface area contributed by atoms with E-state index < -0.39 is 6.10 Å². The molecule has 0 aromatic heterocycles. The molecule has 0 aliphatic carbocycles. The van der Waals surface area contributed by atoms with Gasteiger partial charge in [0.05, 0.1) is 12.7 Å². The van der Waals surface area contributed by atoms with E-state index in [1.807, 2.05) is 18.2 Å². The summed E-state index contributed by atoms with van der Waals surface area (Å²) in [6.07, 6.45) is -0.469. The van der Waals surface area contributed by atoms with Crippen LogP contribution in [0.1, 0.15) is 12.5 Å². The SMILES string of the molecule is COCCNCc1cc(Br)ccc1OCC(C)O. The molecule has 1 unspecified atom stereocenters. The summed E-state index contributed by atoms with van der Waals surface area (Å²) in [5.74, 6) is 0.795. The molecule has 0 aliphatic heterocycles. The highest BCUT2D eigenvalue weighted by Crippen LogP contribution is 2.23. The first-order valence-electron chi connectivity index (χ1n) is 5.92. The molecule has 0 spiro atoms. The van der Waals surface area contributed by atoms with Gasteiger partial charge in [-0.2, -0.15) is 0 Å². The fourth-order valence-electron chi connectivity index (χ4n) is 1.43. The summed E-state index contributed by atoms with van der Waals surface area (Å²) in [4.78, 5) is 0. The maximum Gasteiger partial charge on any atom is 0.124 e. The second-order valence-electron chi connectivity index (χ2n) is 4.08. The predicted molar refractivity (Wildman–Crippen MR) is 74.9 cm³/mol. The first-order chi connectivity index (χ1) is 8.63. The Hall–Kier alpha value is -0.620. The number of hydrogen-bond donors (Lipinski definition) is 2. The Bertz CT molecular complexity index is 358. The normalized spacial score (nSPS) is 12.4. The van der Waals surface area contributed by atoms with Crippen molar-refractivity contribution in [1.82, 2.24) is 5.32 Å². The van der Waals surface area contributed by atoms with Crippen molar-refractivity contribution in [3.8, 4) is 5.75 Å². The summed E-state index contributed by atoms with van der Waals surface area (Å²) in [5, 5.41) is 12.5. The van der Waals surface area contributed by atoms with Crippen molar-refractivity contribution in [3.05, 3.63) is 28.2 Å². The summed E-state index contributed by atoms with van der Waals surface area (Å²) in [5.41, 5.74) is 1.06. The Morgan fingerprint density at radius 3 is 2.89 bits per heavy atom. The molecule has 0 amide bonds. The number of rotatable bonds is 8. The Balaban J connectivity index is 2.58. The number of aliphatic hydroxyl groups excluding tert-OH is 1. The van der Waals surface area contributed by atoms with Crippen molar-refractivity contribution in [2.75, 3.05) is 26.9 Å². The molecule has 5 heteroatoms. The minimum atomic E-state index is -0.469. The molecule has 18 heavy (non-hydrogen) atoms. The van der Waals surface area contributed by atoms with E-state index in [1.165, 1.54) is 0 Å². The lowest BCUT2D eigenvalue weighted by atomic mass is 10.2. The highest BCUT2D eigenvalue weighted by atomic mass is 79.9. The lowest BCUT2D eigenvalue weighted by Gasteiger charge is -2.13. The van der Waals surface area contributed by atoms with Crippen molar-refractivity contribution < 1.29 is 14.6 Å². The minimum Gasteiger partial charge on any atom is -0.491 e. The Morgan fingerprint density at radius 1 is 1.44 bits per heavy atom. The van der Waals surface area contributed by atoms with Gasteiger partial charge in [-0.3, -0.25) is 0 Å². The maximum absolute atomic E-state index is 9.24.